The van der Waals surface area contributed by atoms with Gasteiger partial charge in [-0.25, -0.2) is 15.0 Å². The van der Waals surface area contributed by atoms with Gasteiger partial charge in [0, 0.05) is 38.2 Å². The van der Waals surface area contributed by atoms with E-state index in [9.17, 15) is 0 Å². The molecule has 5 nitrogen and oxygen atoms in total. The van der Waals surface area contributed by atoms with E-state index in [0.29, 0.717) is 17.5 Å². The monoisotopic (exact) mass is 691 g/mol. The summed E-state index contributed by atoms with van der Waals surface area (Å²) in [6.45, 7) is 0. The Bertz CT molecular complexity index is 3210. The predicted molar refractivity (Wildman–Crippen MR) is 219 cm³/mol. The molecule has 0 saturated carbocycles. The first-order chi connectivity index (χ1) is 26.7. The molecule has 0 fully saturated rings. The lowest BCUT2D eigenvalue weighted by Crippen LogP contribution is -2.01. The van der Waals surface area contributed by atoms with Crippen molar-refractivity contribution >= 4 is 54.6 Å². The maximum atomic E-state index is 6.33. The van der Waals surface area contributed by atoms with E-state index in [2.05, 4.69) is 121 Å². The van der Waals surface area contributed by atoms with Gasteiger partial charge in [-0.2, -0.15) is 0 Å². The lowest BCUT2D eigenvalue weighted by atomic mass is 9.92. The van der Waals surface area contributed by atoms with Crippen LogP contribution in [0.5, 0.6) is 0 Å². The van der Waals surface area contributed by atoms with Gasteiger partial charge < -0.3 is 8.83 Å². The molecule has 11 aromatic rings. The smallest absolute Gasteiger partial charge is 0.164 e. The number of benzene rings is 8. The van der Waals surface area contributed by atoms with Crippen molar-refractivity contribution in [3.8, 4) is 56.4 Å². The number of furan rings is 2. The number of fused-ring (bicyclic) bond motifs is 7. The van der Waals surface area contributed by atoms with Crippen LogP contribution in [-0.2, 0) is 0 Å². The molecule has 0 N–H and O–H groups in total. The molecule has 54 heavy (non-hydrogen) atoms. The van der Waals surface area contributed by atoms with E-state index in [4.69, 9.17) is 23.8 Å². The van der Waals surface area contributed by atoms with Crippen LogP contribution in [0.1, 0.15) is 0 Å². The van der Waals surface area contributed by atoms with Crippen LogP contribution in [0.15, 0.2) is 185 Å². The van der Waals surface area contributed by atoms with Crippen LogP contribution < -0.4 is 0 Å². The molecule has 0 atom stereocenters. The first-order valence-electron chi connectivity index (χ1n) is 18.0. The summed E-state index contributed by atoms with van der Waals surface area (Å²) in [6, 6.07) is 60.4. The zero-order chi connectivity index (χ0) is 35.6. The Kier molecular flexibility index (Phi) is 6.79. The Morgan fingerprint density at radius 3 is 1.50 bits per heavy atom. The second-order valence-corrected chi connectivity index (χ2v) is 13.5. The van der Waals surface area contributed by atoms with Crippen molar-refractivity contribution in [2.45, 2.75) is 0 Å². The zero-order valence-electron chi connectivity index (χ0n) is 28.9. The molecular formula is C49H29N3O2. The Morgan fingerprint density at radius 1 is 0.296 bits per heavy atom. The molecule has 0 bridgehead atoms. The lowest BCUT2D eigenvalue weighted by Gasteiger charge is -2.13. The predicted octanol–water partition coefficient (Wildman–Crippen LogP) is 13.2. The minimum Gasteiger partial charge on any atom is -0.456 e. The van der Waals surface area contributed by atoms with Crippen molar-refractivity contribution < 1.29 is 8.83 Å². The lowest BCUT2D eigenvalue weighted by molar-refractivity contribution is 0.668. The second-order valence-electron chi connectivity index (χ2n) is 13.5. The van der Waals surface area contributed by atoms with Crippen LogP contribution in [-0.4, -0.2) is 15.0 Å². The minimum atomic E-state index is 0.580. The van der Waals surface area contributed by atoms with E-state index in [1.54, 1.807) is 0 Å². The van der Waals surface area contributed by atoms with Crippen molar-refractivity contribution in [1.29, 1.82) is 0 Å². The molecule has 252 valence electrons. The van der Waals surface area contributed by atoms with Crippen molar-refractivity contribution in [2.24, 2.45) is 0 Å². The number of para-hydroxylation sites is 2. The second kappa shape index (κ2) is 12.1. The average molecular weight is 692 g/mol. The maximum absolute atomic E-state index is 6.33. The first kappa shape index (κ1) is 30.3. The molecule has 5 heteroatoms. The molecule has 0 unspecified atom stereocenters. The number of hydrogen-bond donors (Lipinski definition) is 0. The summed E-state index contributed by atoms with van der Waals surface area (Å²) in [5.74, 6) is 1.76. The minimum absolute atomic E-state index is 0.580. The zero-order valence-corrected chi connectivity index (χ0v) is 28.9. The molecule has 0 saturated heterocycles. The fraction of sp³-hybridized carbons (Fsp3) is 0. The fourth-order valence-electron chi connectivity index (χ4n) is 7.82. The first-order valence-corrected chi connectivity index (χ1v) is 18.0. The van der Waals surface area contributed by atoms with E-state index < -0.39 is 0 Å². The Morgan fingerprint density at radius 2 is 0.796 bits per heavy atom. The molecule has 0 amide bonds. The number of hydrogen-bond acceptors (Lipinski definition) is 5. The molecule has 8 aromatic carbocycles. The third-order valence-electron chi connectivity index (χ3n) is 10.3. The van der Waals surface area contributed by atoms with E-state index in [1.165, 1.54) is 0 Å². The molecule has 3 heterocycles. The normalized spacial score (nSPS) is 11.7. The molecule has 3 aromatic heterocycles. The summed E-state index contributed by atoms with van der Waals surface area (Å²) < 4.78 is 12.6. The van der Waals surface area contributed by atoms with Crippen LogP contribution in [0.3, 0.4) is 0 Å². The quantitative estimate of drug-likeness (QED) is 0.180. The van der Waals surface area contributed by atoms with Gasteiger partial charge in [-0.05, 0) is 69.4 Å². The summed E-state index contributed by atoms with van der Waals surface area (Å²) in [6.07, 6.45) is 0. The maximum Gasteiger partial charge on any atom is 0.164 e. The van der Waals surface area contributed by atoms with Crippen LogP contribution in [0.4, 0.5) is 0 Å². The fourth-order valence-corrected chi connectivity index (χ4v) is 7.82. The van der Waals surface area contributed by atoms with E-state index >= 15 is 0 Å². The third kappa shape index (κ3) is 4.90. The van der Waals surface area contributed by atoms with E-state index in [0.717, 1.165) is 93.6 Å². The van der Waals surface area contributed by atoms with Crippen LogP contribution in [0, 0.1) is 0 Å². The average Bonchev–Trinajstić information content (AvgIpc) is 3.82. The van der Waals surface area contributed by atoms with Gasteiger partial charge in [0.25, 0.3) is 0 Å². The highest BCUT2D eigenvalue weighted by Gasteiger charge is 2.20. The molecule has 0 radical (unpaired) electrons. The topological polar surface area (TPSA) is 65.0 Å². The van der Waals surface area contributed by atoms with E-state index in [-0.39, 0.29) is 0 Å². The molecule has 11 rings (SSSR count). The molecule has 0 spiro atoms. The van der Waals surface area contributed by atoms with E-state index in [1.807, 2.05) is 54.6 Å². The van der Waals surface area contributed by atoms with Crippen molar-refractivity contribution in [3.63, 3.8) is 0 Å². The Hall–Kier alpha value is -7.37. The molecular weight excluding hydrogens is 663 g/mol. The highest BCUT2D eigenvalue weighted by Crippen LogP contribution is 2.42. The van der Waals surface area contributed by atoms with Gasteiger partial charge in [-0.15, -0.1) is 0 Å². The third-order valence-corrected chi connectivity index (χ3v) is 10.3. The summed E-state index contributed by atoms with van der Waals surface area (Å²) in [5, 5.41) is 6.40. The van der Waals surface area contributed by atoms with Crippen LogP contribution >= 0.6 is 0 Å². The van der Waals surface area contributed by atoms with Gasteiger partial charge in [0.1, 0.15) is 22.3 Å². The number of rotatable bonds is 5. The molecule has 0 aliphatic carbocycles. The van der Waals surface area contributed by atoms with Gasteiger partial charge in [0.05, 0.1) is 0 Å². The van der Waals surface area contributed by atoms with Crippen LogP contribution in [0.25, 0.3) is 111 Å². The number of aromatic nitrogens is 3. The Labute approximate surface area is 309 Å². The standard InChI is InChI=1S/C49H29N3O2/c1-2-12-30(13-3-1)31-24-26-32(27-25-31)47-50-48(52-49(51-47)39-19-11-23-44-46(39)38-17-7-9-21-42(38)54-44)34-28-33-14-4-5-15-35(33)40(29-34)36-18-10-22-43-45(36)37-16-6-8-20-41(37)53-43/h1-29H. The summed E-state index contributed by atoms with van der Waals surface area (Å²) in [7, 11) is 0. The van der Waals surface area contributed by atoms with Gasteiger partial charge in [0.2, 0.25) is 0 Å². The van der Waals surface area contributed by atoms with Gasteiger partial charge in [-0.3, -0.25) is 0 Å². The van der Waals surface area contributed by atoms with Crippen molar-refractivity contribution in [1.82, 2.24) is 15.0 Å². The summed E-state index contributed by atoms with van der Waals surface area (Å²) >= 11 is 0. The highest BCUT2D eigenvalue weighted by molar-refractivity contribution is 6.16. The van der Waals surface area contributed by atoms with Gasteiger partial charge in [0.15, 0.2) is 17.5 Å². The SMILES string of the molecule is c1ccc(-c2ccc(-c3nc(-c4cc(-c5cccc6oc7ccccc7c56)c5ccccc5c4)nc(-c4cccc5oc6ccccc6c45)n3)cc2)cc1. The molecule has 0 aliphatic rings. The Balaban J connectivity index is 1.16. The number of nitrogens with zero attached hydrogens (tertiary/aromatic N) is 3. The molecule has 0 aliphatic heterocycles. The van der Waals surface area contributed by atoms with Crippen molar-refractivity contribution in [2.75, 3.05) is 0 Å². The van der Waals surface area contributed by atoms with Gasteiger partial charge in [-0.1, -0.05) is 140 Å². The van der Waals surface area contributed by atoms with Crippen molar-refractivity contribution in [3.05, 3.63) is 176 Å². The van der Waals surface area contributed by atoms with Gasteiger partial charge >= 0.3 is 0 Å². The summed E-state index contributed by atoms with van der Waals surface area (Å²) in [4.78, 5) is 15.6. The largest absolute Gasteiger partial charge is 0.456 e. The van der Waals surface area contributed by atoms with Crippen LogP contribution in [0.2, 0.25) is 0 Å². The highest BCUT2D eigenvalue weighted by atomic mass is 16.3. The summed E-state index contributed by atoms with van der Waals surface area (Å²) in [5.41, 5.74) is 10.5.